The molecule has 1 atom stereocenters. The SMILES string of the molecule is CC(Cc1ccco1)NCC1(CN)CCCC1. The maximum absolute atomic E-state index is 5.93. The molecule has 3 nitrogen and oxygen atoms in total. The Morgan fingerprint density at radius 1 is 1.47 bits per heavy atom. The van der Waals surface area contributed by atoms with Crippen molar-refractivity contribution in [3.05, 3.63) is 24.2 Å². The Balaban J connectivity index is 1.77. The van der Waals surface area contributed by atoms with Crippen LogP contribution in [0.3, 0.4) is 0 Å². The van der Waals surface area contributed by atoms with Crippen molar-refractivity contribution in [3.63, 3.8) is 0 Å². The highest BCUT2D eigenvalue weighted by Crippen LogP contribution is 2.36. The highest BCUT2D eigenvalue weighted by atomic mass is 16.3. The molecular formula is C14H24N2O. The number of rotatable bonds is 6. The summed E-state index contributed by atoms with van der Waals surface area (Å²) in [5.41, 5.74) is 6.29. The van der Waals surface area contributed by atoms with Gasteiger partial charge in [0.1, 0.15) is 5.76 Å². The molecule has 96 valence electrons. The first-order valence-electron chi connectivity index (χ1n) is 6.70. The first-order valence-corrected chi connectivity index (χ1v) is 6.70. The molecule has 1 saturated carbocycles. The fourth-order valence-electron chi connectivity index (χ4n) is 2.77. The lowest BCUT2D eigenvalue weighted by Gasteiger charge is -2.29. The maximum Gasteiger partial charge on any atom is 0.105 e. The zero-order valence-corrected chi connectivity index (χ0v) is 10.7. The molecule has 0 saturated heterocycles. The van der Waals surface area contributed by atoms with Gasteiger partial charge >= 0.3 is 0 Å². The maximum atomic E-state index is 5.93. The molecular weight excluding hydrogens is 212 g/mol. The van der Waals surface area contributed by atoms with Crippen molar-refractivity contribution < 1.29 is 4.42 Å². The van der Waals surface area contributed by atoms with Gasteiger partial charge in [0.2, 0.25) is 0 Å². The van der Waals surface area contributed by atoms with Crippen LogP contribution in [0.25, 0.3) is 0 Å². The van der Waals surface area contributed by atoms with Crippen LogP contribution in [0.15, 0.2) is 22.8 Å². The quantitative estimate of drug-likeness (QED) is 0.797. The zero-order chi connectivity index (χ0) is 12.1. The lowest BCUT2D eigenvalue weighted by molar-refractivity contribution is 0.276. The lowest BCUT2D eigenvalue weighted by atomic mass is 9.86. The van der Waals surface area contributed by atoms with Gasteiger partial charge in [-0.05, 0) is 43.9 Å². The van der Waals surface area contributed by atoms with Gasteiger partial charge in [-0.3, -0.25) is 0 Å². The molecule has 1 fully saturated rings. The van der Waals surface area contributed by atoms with E-state index < -0.39 is 0 Å². The van der Waals surface area contributed by atoms with Gasteiger partial charge in [-0.2, -0.15) is 0 Å². The van der Waals surface area contributed by atoms with E-state index in [9.17, 15) is 0 Å². The van der Waals surface area contributed by atoms with Gasteiger partial charge in [-0.25, -0.2) is 0 Å². The standard InChI is InChI=1S/C14H24N2O/c1-12(9-13-5-4-8-17-13)16-11-14(10-15)6-2-3-7-14/h4-5,8,12,16H,2-3,6-7,9-11,15H2,1H3. The van der Waals surface area contributed by atoms with Gasteiger partial charge in [0.05, 0.1) is 6.26 Å². The van der Waals surface area contributed by atoms with E-state index in [0.29, 0.717) is 11.5 Å². The highest BCUT2D eigenvalue weighted by molar-refractivity contribution is 5.00. The van der Waals surface area contributed by atoms with Crippen LogP contribution in [-0.4, -0.2) is 19.1 Å². The molecule has 3 N–H and O–H groups in total. The van der Waals surface area contributed by atoms with Gasteiger partial charge in [-0.15, -0.1) is 0 Å². The minimum Gasteiger partial charge on any atom is -0.469 e. The van der Waals surface area contributed by atoms with Crippen LogP contribution in [0.1, 0.15) is 38.4 Å². The Labute approximate surface area is 104 Å². The molecule has 1 aliphatic rings. The van der Waals surface area contributed by atoms with Crippen LogP contribution >= 0.6 is 0 Å². The van der Waals surface area contributed by atoms with E-state index in [-0.39, 0.29) is 0 Å². The molecule has 1 aromatic heterocycles. The van der Waals surface area contributed by atoms with E-state index in [1.165, 1.54) is 25.7 Å². The molecule has 1 unspecified atom stereocenters. The second kappa shape index (κ2) is 5.69. The highest BCUT2D eigenvalue weighted by Gasteiger charge is 2.32. The van der Waals surface area contributed by atoms with E-state index >= 15 is 0 Å². The van der Waals surface area contributed by atoms with E-state index in [0.717, 1.165) is 25.3 Å². The van der Waals surface area contributed by atoms with Crippen LogP contribution in [0.2, 0.25) is 0 Å². The van der Waals surface area contributed by atoms with Crippen molar-refractivity contribution >= 4 is 0 Å². The minimum absolute atomic E-state index is 0.359. The first kappa shape index (κ1) is 12.7. The largest absolute Gasteiger partial charge is 0.469 e. The van der Waals surface area contributed by atoms with Crippen molar-refractivity contribution in [2.45, 2.75) is 45.1 Å². The van der Waals surface area contributed by atoms with Gasteiger partial charge < -0.3 is 15.5 Å². The molecule has 1 aliphatic carbocycles. The third kappa shape index (κ3) is 3.33. The second-order valence-corrected chi connectivity index (χ2v) is 5.48. The summed E-state index contributed by atoms with van der Waals surface area (Å²) in [6, 6.07) is 4.43. The average Bonchev–Trinajstić information content (AvgIpc) is 2.98. The van der Waals surface area contributed by atoms with Crippen molar-refractivity contribution in [2.24, 2.45) is 11.1 Å². The topological polar surface area (TPSA) is 51.2 Å². The molecule has 3 heteroatoms. The van der Waals surface area contributed by atoms with Crippen LogP contribution in [0.4, 0.5) is 0 Å². The number of furan rings is 1. The number of hydrogen-bond donors (Lipinski definition) is 2. The molecule has 1 aromatic rings. The van der Waals surface area contributed by atoms with Gasteiger partial charge in [-0.1, -0.05) is 12.8 Å². The zero-order valence-electron chi connectivity index (χ0n) is 10.7. The monoisotopic (exact) mass is 236 g/mol. The summed E-state index contributed by atoms with van der Waals surface area (Å²) >= 11 is 0. The van der Waals surface area contributed by atoms with Crippen LogP contribution in [0.5, 0.6) is 0 Å². The van der Waals surface area contributed by atoms with Crippen LogP contribution in [0, 0.1) is 5.41 Å². The Morgan fingerprint density at radius 3 is 2.82 bits per heavy atom. The summed E-state index contributed by atoms with van der Waals surface area (Å²) in [5, 5.41) is 3.61. The van der Waals surface area contributed by atoms with E-state index in [4.69, 9.17) is 10.2 Å². The minimum atomic E-state index is 0.359. The van der Waals surface area contributed by atoms with E-state index in [1.807, 2.05) is 12.1 Å². The molecule has 0 bridgehead atoms. The summed E-state index contributed by atoms with van der Waals surface area (Å²) in [6.07, 6.45) is 7.93. The second-order valence-electron chi connectivity index (χ2n) is 5.48. The Bertz CT molecular complexity index is 315. The number of hydrogen-bond acceptors (Lipinski definition) is 3. The molecule has 0 radical (unpaired) electrons. The van der Waals surface area contributed by atoms with Gasteiger partial charge in [0.25, 0.3) is 0 Å². The molecule has 0 aromatic carbocycles. The smallest absolute Gasteiger partial charge is 0.105 e. The van der Waals surface area contributed by atoms with Crippen molar-refractivity contribution in [1.82, 2.24) is 5.32 Å². The number of nitrogens with one attached hydrogen (secondary N) is 1. The van der Waals surface area contributed by atoms with Crippen molar-refractivity contribution in [1.29, 1.82) is 0 Å². The van der Waals surface area contributed by atoms with Gasteiger partial charge in [0.15, 0.2) is 0 Å². The third-order valence-electron chi connectivity index (χ3n) is 4.01. The predicted molar refractivity (Wildman–Crippen MR) is 69.8 cm³/mol. The first-order chi connectivity index (χ1) is 8.24. The average molecular weight is 236 g/mol. The van der Waals surface area contributed by atoms with Crippen molar-refractivity contribution in [2.75, 3.05) is 13.1 Å². The molecule has 0 spiro atoms. The Kier molecular flexibility index (Phi) is 4.24. The Morgan fingerprint density at radius 2 is 2.24 bits per heavy atom. The van der Waals surface area contributed by atoms with Crippen molar-refractivity contribution in [3.8, 4) is 0 Å². The van der Waals surface area contributed by atoms with E-state index in [2.05, 4.69) is 12.2 Å². The fourth-order valence-corrected chi connectivity index (χ4v) is 2.77. The summed E-state index contributed by atoms with van der Waals surface area (Å²) in [7, 11) is 0. The summed E-state index contributed by atoms with van der Waals surface area (Å²) in [5.74, 6) is 1.05. The molecule has 0 aliphatic heterocycles. The molecule has 1 heterocycles. The molecule has 2 rings (SSSR count). The predicted octanol–water partition coefficient (Wildman–Crippen LogP) is 2.32. The summed E-state index contributed by atoms with van der Waals surface area (Å²) in [4.78, 5) is 0. The third-order valence-corrected chi connectivity index (χ3v) is 4.01. The summed E-state index contributed by atoms with van der Waals surface area (Å²) in [6.45, 7) is 4.07. The van der Waals surface area contributed by atoms with Crippen LogP contribution in [-0.2, 0) is 6.42 Å². The van der Waals surface area contributed by atoms with Crippen LogP contribution < -0.4 is 11.1 Å². The Hall–Kier alpha value is -0.800. The van der Waals surface area contributed by atoms with Gasteiger partial charge in [0, 0.05) is 19.0 Å². The summed E-state index contributed by atoms with van der Waals surface area (Å²) < 4.78 is 5.36. The fraction of sp³-hybridized carbons (Fsp3) is 0.714. The lowest BCUT2D eigenvalue weighted by Crippen LogP contribution is -2.42. The normalized spacial score (nSPS) is 20.6. The number of nitrogens with two attached hydrogens (primary N) is 1. The molecule has 0 amide bonds. The van der Waals surface area contributed by atoms with E-state index in [1.54, 1.807) is 6.26 Å². The molecule has 17 heavy (non-hydrogen) atoms.